The lowest BCUT2D eigenvalue weighted by molar-refractivity contribution is 0.0469. The van der Waals surface area contributed by atoms with E-state index >= 15 is 0 Å². The summed E-state index contributed by atoms with van der Waals surface area (Å²) in [4.78, 5) is 30.6. The molecule has 1 unspecified atom stereocenters. The number of pyridine rings is 1. The van der Waals surface area contributed by atoms with Gasteiger partial charge in [-0.3, -0.25) is 4.79 Å². The van der Waals surface area contributed by atoms with Gasteiger partial charge in [0.05, 0.1) is 34.9 Å². The quantitative estimate of drug-likeness (QED) is 0.373. The Bertz CT molecular complexity index is 1390. The molecule has 0 spiro atoms. The number of Topliss-reactive ketones (excluding diaryl/α,β-unsaturated/α-hetero) is 1. The van der Waals surface area contributed by atoms with E-state index < -0.39 is 22.4 Å². The lowest BCUT2D eigenvalue weighted by Gasteiger charge is -2.16. The summed E-state index contributed by atoms with van der Waals surface area (Å²) in [5.74, 6) is -0.749. The topological polar surface area (TPSA) is 105 Å². The maximum absolute atomic E-state index is 13.0. The zero-order valence-corrected chi connectivity index (χ0v) is 20.6. The lowest BCUT2D eigenvalue weighted by atomic mass is 10.0. The Balaban J connectivity index is 1.56. The highest BCUT2D eigenvalue weighted by atomic mass is 32.2. The molecule has 1 saturated heterocycles. The van der Waals surface area contributed by atoms with Crippen molar-refractivity contribution in [2.45, 2.75) is 39.8 Å². The van der Waals surface area contributed by atoms with Gasteiger partial charge in [-0.15, -0.1) is 0 Å². The van der Waals surface area contributed by atoms with Crippen molar-refractivity contribution in [3.05, 3.63) is 64.1 Å². The van der Waals surface area contributed by atoms with Gasteiger partial charge in [0.1, 0.15) is 0 Å². The van der Waals surface area contributed by atoms with Crippen LogP contribution in [0.15, 0.2) is 30.3 Å². The number of carbonyl (C=O) groups excluding carboxylic acids is 2. The fraction of sp³-hybridized carbons (Fsp3) is 0.400. The predicted molar refractivity (Wildman–Crippen MR) is 128 cm³/mol. The number of methoxy groups -OCH3 is 1. The second kappa shape index (κ2) is 9.31. The number of benzene rings is 1. The largest absolute Gasteiger partial charge is 0.454 e. The van der Waals surface area contributed by atoms with Crippen molar-refractivity contribution in [3.63, 3.8) is 0 Å². The summed E-state index contributed by atoms with van der Waals surface area (Å²) >= 11 is 0. The SMILES string of the molecule is COCc1nc2ccccc2c(C)c1C(=O)OCC(=O)c1cc(C)n(C2CCS(=O)(=O)C2)c1C. The molecular formula is C25H28N2O6S. The standard InChI is InChI=1S/C25H28N2O6S/c1-15-11-20(17(3)27(15)18-9-10-34(30,31)14-18)23(28)13-33-25(29)24-16(2)19-7-5-6-8-21(19)26-22(24)12-32-4/h5-8,11,18H,9-10,12-14H2,1-4H3. The molecule has 1 fully saturated rings. The van der Waals surface area contributed by atoms with Gasteiger partial charge in [-0.05, 0) is 44.9 Å². The van der Waals surface area contributed by atoms with E-state index in [0.29, 0.717) is 28.9 Å². The third-order valence-electron chi connectivity index (χ3n) is 6.40. The van der Waals surface area contributed by atoms with Gasteiger partial charge in [0, 0.05) is 35.5 Å². The van der Waals surface area contributed by atoms with Gasteiger partial charge < -0.3 is 14.0 Å². The molecule has 180 valence electrons. The summed E-state index contributed by atoms with van der Waals surface area (Å²) in [6.07, 6.45) is 0.526. The van der Waals surface area contributed by atoms with Crippen molar-refractivity contribution in [1.29, 1.82) is 0 Å². The molecule has 4 rings (SSSR count). The van der Waals surface area contributed by atoms with Gasteiger partial charge >= 0.3 is 5.97 Å². The molecule has 1 aromatic carbocycles. The number of aryl methyl sites for hydroxylation is 2. The number of ether oxygens (including phenoxy) is 2. The van der Waals surface area contributed by atoms with Crippen LogP contribution in [0.25, 0.3) is 10.9 Å². The molecule has 0 saturated carbocycles. The second-order valence-corrected chi connectivity index (χ2v) is 10.9. The van der Waals surface area contributed by atoms with Crippen LogP contribution in [-0.4, -0.2) is 54.9 Å². The first-order chi connectivity index (χ1) is 16.1. The van der Waals surface area contributed by atoms with E-state index in [-0.39, 0.29) is 29.9 Å². The maximum atomic E-state index is 13.0. The highest BCUT2D eigenvalue weighted by molar-refractivity contribution is 7.91. The molecular weight excluding hydrogens is 456 g/mol. The Hall–Kier alpha value is -3.04. The third-order valence-corrected chi connectivity index (χ3v) is 8.16. The first kappa shape index (κ1) is 24.1. The van der Waals surface area contributed by atoms with Crippen molar-refractivity contribution < 1.29 is 27.5 Å². The van der Waals surface area contributed by atoms with Crippen LogP contribution in [0.1, 0.15) is 55.8 Å². The minimum atomic E-state index is -3.06. The summed E-state index contributed by atoms with van der Waals surface area (Å²) < 4.78 is 36.4. The van der Waals surface area contributed by atoms with Crippen LogP contribution in [0.5, 0.6) is 0 Å². The molecule has 3 heterocycles. The average Bonchev–Trinajstić information content (AvgIpc) is 3.29. The van der Waals surface area contributed by atoms with Gasteiger partial charge in [0.25, 0.3) is 0 Å². The molecule has 0 radical (unpaired) electrons. The molecule has 34 heavy (non-hydrogen) atoms. The highest BCUT2D eigenvalue weighted by Gasteiger charge is 2.32. The van der Waals surface area contributed by atoms with Crippen LogP contribution >= 0.6 is 0 Å². The molecule has 0 bridgehead atoms. The second-order valence-electron chi connectivity index (χ2n) is 8.72. The molecule has 0 N–H and O–H groups in total. The van der Waals surface area contributed by atoms with Crippen LogP contribution in [0.3, 0.4) is 0 Å². The Morgan fingerprint density at radius 2 is 1.91 bits per heavy atom. The van der Waals surface area contributed by atoms with Crippen molar-refractivity contribution in [2.75, 3.05) is 25.2 Å². The fourth-order valence-electron chi connectivity index (χ4n) is 4.83. The Morgan fingerprint density at radius 1 is 1.18 bits per heavy atom. The fourth-order valence-corrected chi connectivity index (χ4v) is 6.53. The minimum Gasteiger partial charge on any atom is -0.454 e. The predicted octanol–water partition coefficient (Wildman–Crippen LogP) is 3.51. The monoisotopic (exact) mass is 484 g/mol. The van der Waals surface area contributed by atoms with Crippen molar-refractivity contribution >= 4 is 32.5 Å². The molecule has 0 aliphatic carbocycles. The number of esters is 1. The van der Waals surface area contributed by atoms with Crippen LogP contribution < -0.4 is 0 Å². The molecule has 0 amide bonds. The number of ketones is 1. The smallest absolute Gasteiger partial charge is 0.340 e. The number of carbonyl (C=O) groups is 2. The summed E-state index contributed by atoms with van der Waals surface area (Å²) in [5, 5.41) is 0.829. The van der Waals surface area contributed by atoms with Gasteiger partial charge in [0.2, 0.25) is 5.78 Å². The van der Waals surface area contributed by atoms with E-state index in [1.54, 1.807) is 13.0 Å². The van der Waals surface area contributed by atoms with E-state index in [9.17, 15) is 18.0 Å². The van der Waals surface area contributed by atoms with Crippen molar-refractivity contribution in [3.8, 4) is 0 Å². The summed E-state index contributed by atoms with van der Waals surface area (Å²) in [6.45, 7) is 5.17. The number of aromatic nitrogens is 2. The van der Waals surface area contributed by atoms with E-state index in [1.165, 1.54) is 7.11 Å². The summed E-state index contributed by atoms with van der Waals surface area (Å²) in [5.41, 5.74) is 4.15. The minimum absolute atomic E-state index is 0.0719. The Labute approximate surface area is 198 Å². The Kier molecular flexibility index (Phi) is 6.60. The van der Waals surface area contributed by atoms with Gasteiger partial charge in [-0.2, -0.15) is 0 Å². The van der Waals surface area contributed by atoms with E-state index in [4.69, 9.17) is 9.47 Å². The molecule has 1 atom stereocenters. The summed E-state index contributed by atoms with van der Waals surface area (Å²) in [6, 6.07) is 9.04. The first-order valence-electron chi connectivity index (χ1n) is 11.1. The molecule has 8 nitrogen and oxygen atoms in total. The Morgan fingerprint density at radius 3 is 2.59 bits per heavy atom. The van der Waals surface area contributed by atoms with Crippen molar-refractivity contribution in [2.24, 2.45) is 0 Å². The number of hydrogen-bond donors (Lipinski definition) is 0. The van der Waals surface area contributed by atoms with Crippen LogP contribution in [0.4, 0.5) is 0 Å². The number of hydrogen-bond acceptors (Lipinski definition) is 7. The highest BCUT2D eigenvalue weighted by Crippen LogP contribution is 2.29. The molecule has 9 heteroatoms. The maximum Gasteiger partial charge on any atom is 0.340 e. The average molecular weight is 485 g/mol. The molecule has 3 aromatic rings. The van der Waals surface area contributed by atoms with Gasteiger partial charge in [0.15, 0.2) is 16.4 Å². The van der Waals surface area contributed by atoms with Crippen LogP contribution in [0, 0.1) is 20.8 Å². The zero-order valence-electron chi connectivity index (χ0n) is 19.8. The lowest BCUT2D eigenvalue weighted by Crippen LogP contribution is -2.19. The van der Waals surface area contributed by atoms with Gasteiger partial charge in [-0.25, -0.2) is 18.2 Å². The van der Waals surface area contributed by atoms with E-state index in [2.05, 4.69) is 4.98 Å². The van der Waals surface area contributed by atoms with Crippen LogP contribution in [-0.2, 0) is 25.9 Å². The van der Waals surface area contributed by atoms with Crippen LogP contribution in [0.2, 0.25) is 0 Å². The van der Waals surface area contributed by atoms with E-state index in [0.717, 1.165) is 22.2 Å². The number of nitrogens with zero attached hydrogens (tertiary/aromatic N) is 2. The first-order valence-corrected chi connectivity index (χ1v) is 12.9. The molecule has 2 aromatic heterocycles. The number of para-hydroxylation sites is 1. The van der Waals surface area contributed by atoms with E-state index in [1.807, 2.05) is 42.7 Å². The van der Waals surface area contributed by atoms with Crippen molar-refractivity contribution in [1.82, 2.24) is 9.55 Å². The number of rotatable bonds is 7. The number of fused-ring (bicyclic) bond motifs is 1. The molecule has 1 aliphatic rings. The molecule has 1 aliphatic heterocycles. The third kappa shape index (κ3) is 4.50. The normalized spacial score (nSPS) is 17.2. The summed E-state index contributed by atoms with van der Waals surface area (Å²) in [7, 11) is -1.54. The number of sulfone groups is 1. The van der Waals surface area contributed by atoms with Gasteiger partial charge in [-0.1, -0.05) is 18.2 Å². The zero-order chi connectivity index (χ0) is 24.6.